The summed E-state index contributed by atoms with van der Waals surface area (Å²) in [5, 5.41) is 3.41. The van der Waals surface area contributed by atoms with Gasteiger partial charge in [-0.15, -0.1) is 0 Å². The molecule has 0 aliphatic carbocycles. The van der Waals surface area contributed by atoms with Gasteiger partial charge in [-0.05, 0) is 6.92 Å². The molecule has 0 aromatic rings. The van der Waals surface area contributed by atoms with Crippen molar-refractivity contribution in [3.05, 3.63) is 0 Å². The second-order valence-corrected chi connectivity index (χ2v) is 2.16. The van der Waals surface area contributed by atoms with E-state index in [9.17, 15) is 9.59 Å². The van der Waals surface area contributed by atoms with E-state index in [1.54, 1.807) is 0 Å². The Balaban J connectivity index is 4.23. The predicted octanol–water partition coefficient (Wildman–Crippen LogP) is 0.557. The first-order valence-electron chi connectivity index (χ1n) is 3.18. The molecular formula is C7H11NO3. The van der Waals surface area contributed by atoms with Crippen molar-refractivity contribution in [2.45, 2.75) is 20.3 Å². The maximum absolute atomic E-state index is 10.7. The van der Waals surface area contributed by atoms with Crippen molar-refractivity contribution in [2.24, 2.45) is 5.16 Å². The molecule has 0 aromatic heterocycles. The smallest absolute Gasteiger partial charge is 0.177 e. The fraction of sp³-hybridized carbons (Fsp3) is 0.571. The van der Waals surface area contributed by atoms with Gasteiger partial charge in [-0.3, -0.25) is 9.59 Å². The standard InChI is InChI=1S/C7H11NO3/c1-5(9)4-7(6(2)10)8-11-3/h4H2,1-3H3/b8-7+. The molecule has 62 valence electrons. The number of nitrogens with zero attached hydrogens (tertiary/aromatic N) is 1. The van der Waals surface area contributed by atoms with Crippen LogP contribution in [0.5, 0.6) is 0 Å². The summed E-state index contributed by atoms with van der Waals surface area (Å²) in [5.74, 6) is -0.335. The highest BCUT2D eigenvalue weighted by atomic mass is 16.6. The van der Waals surface area contributed by atoms with Crippen LogP contribution in [0.2, 0.25) is 0 Å². The van der Waals surface area contributed by atoms with Crippen LogP contribution in [0.1, 0.15) is 20.3 Å². The summed E-state index contributed by atoms with van der Waals surface area (Å²) < 4.78 is 0. The summed E-state index contributed by atoms with van der Waals surface area (Å²) in [7, 11) is 1.34. The second-order valence-electron chi connectivity index (χ2n) is 2.16. The van der Waals surface area contributed by atoms with Gasteiger partial charge in [-0.2, -0.15) is 0 Å². The van der Waals surface area contributed by atoms with Gasteiger partial charge in [0.15, 0.2) is 5.78 Å². The largest absolute Gasteiger partial charge is 0.399 e. The van der Waals surface area contributed by atoms with Crippen LogP contribution in [0, 0.1) is 0 Å². The fourth-order valence-electron chi connectivity index (χ4n) is 0.567. The number of oxime groups is 1. The number of ketones is 2. The molecule has 0 saturated heterocycles. The molecule has 0 unspecified atom stereocenters. The molecule has 4 nitrogen and oxygen atoms in total. The van der Waals surface area contributed by atoms with Crippen molar-refractivity contribution < 1.29 is 14.4 Å². The van der Waals surface area contributed by atoms with Gasteiger partial charge >= 0.3 is 0 Å². The van der Waals surface area contributed by atoms with E-state index in [4.69, 9.17) is 0 Å². The highest BCUT2D eigenvalue weighted by Crippen LogP contribution is 1.91. The summed E-state index contributed by atoms with van der Waals surface area (Å²) in [4.78, 5) is 25.6. The molecule has 0 N–H and O–H groups in total. The van der Waals surface area contributed by atoms with Gasteiger partial charge in [-0.1, -0.05) is 5.16 Å². The minimum atomic E-state index is -0.234. The third-order valence-electron chi connectivity index (χ3n) is 1.02. The van der Waals surface area contributed by atoms with E-state index < -0.39 is 0 Å². The van der Waals surface area contributed by atoms with Crippen LogP contribution < -0.4 is 0 Å². The van der Waals surface area contributed by atoms with Crippen molar-refractivity contribution in [2.75, 3.05) is 7.11 Å². The third kappa shape index (κ3) is 4.25. The van der Waals surface area contributed by atoms with Gasteiger partial charge in [0.25, 0.3) is 0 Å². The lowest BCUT2D eigenvalue weighted by Gasteiger charge is -1.96. The highest BCUT2D eigenvalue weighted by molar-refractivity contribution is 6.41. The Kier molecular flexibility index (Phi) is 4.10. The van der Waals surface area contributed by atoms with Gasteiger partial charge in [0.1, 0.15) is 18.6 Å². The number of rotatable bonds is 4. The molecule has 0 bridgehead atoms. The van der Waals surface area contributed by atoms with Gasteiger partial charge in [0.05, 0.1) is 6.42 Å². The first-order valence-corrected chi connectivity index (χ1v) is 3.18. The second kappa shape index (κ2) is 4.60. The maximum atomic E-state index is 10.7. The van der Waals surface area contributed by atoms with E-state index in [0.29, 0.717) is 0 Å². The molecule has 0 aliphatic heterocycles. The molecule has 0 saturated carbocycles. The lowest BCUT2D eigenvalue weighted by Crippen LogP contribution is -2.13. The molecule has 0 heterocycles. The number of Topliss-reactive ketones (excluding diaryl/α,β-unsaturated/α-hetero) is 2. The molecule has 0 atom stereocenters. The number of hydrogen-bond donors (Lipinski definition) is 0. The van der Waals surface area contributed by atoms with Gasteiger partial charge < -0.3 is 4.84 Å². The van der Waals surface area contributed by atoms with E-state index in [1.165, 1.54) is 21.0 Å². The Morgan fingerprint density at radius 3 is 2.18 bits per heavy atom. The van der Waals surface area contributed by atoms with Crippen LogP contribution in [-0.4, -0.2) is 24.4 Å². The number of carbonyl (C=O) groups excluding carboxylic acids is 2. The zero-order valence-corrected chi connectivity index (χ0v) is 6.88. The average Bonchev–Trinajstić information content (AvgIpc) is 1.86. The molecule has 0 radical (unpaired) electrons. The van der Waals surface area contributed by atoms with Crippen molar-refractivity contribution >= 4 is 17.3 Å². The van der Waals surface area contributed by atoms with Crippen molar-refractivity contribution in [3.63, 3.8) is 0 Å². The van der Waals surface area contributed by atoms with Crippen molar-refractivity contribution in [3.8, 4) is 0 Å². The average molecular weight is 157 g/mol. The molecule has 0 spiro atoms. The minimum absolute atomic E-state index is 0.0448. The van der Waals surface area contributed by atoms with Crippen molar-refractivity contribution in [1.82, 2.24) is 0 Å². The van der Waals surface area contributed by atoms with Crippen molar-refractivity contribution in [1.29, 1.82) is 0 Å². The summed E-state index contributed by atoms with van der Waals surface area (Å²) in [6.07, 6.45) is 0.0448. The van der Waals surface area contributed by atoms with E-state index >= 15 is 0 Å². The van der Waals surface area contributed by atoms with Crippen LogP contribution in [0.25, 0.3) is 0 Å². The molecular weight excluding hydrogens is 146 g/mol. The van der Waals surface area contributed by atoms with Crippen LogP contribution >= 0.6 is 0 Å². The Bertz CT molecular complexity index is 196. The maximum Gasteiger partial charge on any atom is 0.177 e. The van der Waals surface area contributed by atoms with Crippen LogP contribution in [0.4, 0.5) is 0 Å². The molecule has 0 rings (SSSR count). The quantitative estimate of drug-likeness (QED) is 0.442. The SMILES string of the molecule is CO/N=C(\CC(C)=O)C(C)=O. The minimum Gasteiger partial charge on any atom is -0.399 e. The van der Waals surface area contributed by atoms with E-state index in [0.717, 1.165) is 0 Å². The molecule has 11 heavy (non-hydrogen) atoms. The molecule has 0 aliphatic rings. The summed E-state index contributed by atoms with van der Waals surface area (Å²) in [6, 6.07) is 0. The molecule has 0 aromatic carbocycles. The lowest BCUT2D eigenvalue weighted by molar-refractivity contribution is -0.117. The van der Waals surface area contributed by atoms with Crippen LogP contribution in [-0.2, 0) is 14.4 Å². The molecule has 0 fully saturated rings. The number of hydrogen-bond acceptors (Lipinski definition) is 4. The Labute approximate surface area is 65.2 Å². The van der Waals surface area contributed by atoms with E-state index in [2.05, 4.69) is 9.99 Å². The summed E-state index contributed by atoms with van der Waals surface area (Å²) in [6.45, 7) is 2.74. The van der Waals surface area contributed by atoms with Crippen LogP contribution in [0.15, 0.2) is 5.16 Å². The topological polar surface area (TPSA) is 55.7 Å². The zero-order valence-electron chi connectivity index (χ0n) is 6.88. The normalized spacial score (nSPS) is 11.0. The van der Waals surface area contributed by atoms with E-state index in [-0.39, 0.29) is 23.7 Å². The Hall–Kier alpha value is -1.19. The zero-order chi connectivity index (χ0) is 8.85. The number of carbonyl (C=O) groups is 2. The monoisotopic (exact) mass is 157 g/mol. The molecule has 0 amide bonds. The van der Waals surface area contributed by atoms with Gasteiger partial charge in [0, 0.05) is 6.92 Å². The third-order valence-corrected chi connectivity index (χ3v) is 1.02. The Morgan fingerprint density at radius 2 is 1.91 bits per heavy atom. The van der Waals surface area contributed by atoms with E-state index in [1.807, 2.05) is 0 Å². The first-order chi connectivity index (χ1) is 5.07. The predicted molar refractivity (Wildman–Crippen MR) is 40.4 cm³/mol. The fourth-order valence-corrected chi connectivity index (χ4v) is 0.567. The summed E-state index contributed by atoms with van der Waals surface area (Å²) >= 11 is 0. The van der Waals surface area contributed by atoms with Gasteiger partial charge in [-0.25, -0.2) is 0 Å². The summed E-state index contributed by atoms with van der Waals surface area (Å²) in [5.41, 5.74) is 0.167. The molecule has 4 heteroatoms. The Morgan fingerprint density at radius 1 is 1.36 bits per heavy atom. The first kappa shape index (κ1) is 9.81. The lowest BCUT2D eigenvalue weighted by atomic mass is 10.1. The van der Waals surface area contributed by atoms with Gasteiger partial charge in [0.2, 0.25) is 0 Å². The highest BCUT2D eigenvalue weighted by Gasteiger charge is 2.08. The van der Waals surface area contributed by atoms with Crippen LogP contribution in [0.3, 0.4) is 0 Å².